The number of hydrogen-bond donors (Lipinski definition) is 1. The van der Waals surface area contributed by atoms with E-state index in [1.165, 1.54) is 12.8 Å². The summed E-state index contributed by atoms with van der Waals surface area (Å²) in [5.41, 5.74) is 7.86. The average molecular weight is 277 g/mol. The molecule has 2 N–H and O–H groups in total. The Bertz CT molecular complexity index is 512. The second-order valence-electron chi connectivity index (χ2n) is 5.72. The van der Waals surface area contributed by atoms with Crippen molar-refractivity contribution in [3.63, 3.8) is 0 Å². The molecule has 1 aliphatic carbocycles. The number of nitrogen functional groups attached to an aromatic ring is 1. The molecule has 1 aliphatic heterocycles. The van der Waals surface area contributed by atoms with Crippen LogP contribution in [-0.4, -0.2) is 57.7 Å². The Hall–Kier alpha value is -1.56. The molecule has 1 saturated heterocycles. The predicted octanol–water partition coefficient (Wildman–Crippen LogP) is 0.714. The van der Waals surface area contributed by atoms with Crippen molar-refractivity contribution in [2.75, 3.05) is 31.9 Å². The van der Waals surface area contributed by atoms with Crippen molar-refractivity contribution in [3.8, 4) is 0 Å². The van der Waals surface area contributed by atoms with Gasteiger partial charge in [0.25, 0.3) is 5.91 Å². The highest BCUT2D eigenvalue weighted by atomic mass is 16.2. The van der Waals surface area contributed by atoms with E-state index in [-0.39, 0.29) is 5.91 Å². The molecular formula is C14H23N5O. The molecule has 1 saturated carbocycles. The van der Waals surface area contributed by atoms with Crippen LogP contribution >= 0.6 is 0 Å². The number of amides is 1. The molecule has 0 spiro atoms. The van der Waals surface area contributed by atoms with Crippen molar-refractivity contribution in [3.05, 3.63) is 11.4 Å². The number of carbonyl (C=O) groups excluding carboxylic acids is 1. The highest BCUT2D eigenvalue weighted by molar-refractivity contribution is 5.98. The monoisotopic (exact) mass is 277 g/mol. The molecule has 2 aliphatic rings. The summed E-state index contributed by atoms with van der Waals surface area (Å²) in [6.07, 6.45) is 2.64. The summed E-state index contributed by atoms with van der Waals surface area (Å²) in [6, 6.07) is 0.778. The lowest BCUT2D eigenvalue weighted by molar-refractivity contribution is 0.0616. The lowest BCUT2D eigenvalue weighted by Crippen LogP contribution is -2.49. The van der Waals surface area contributed by atoms with E-state index in [4.69, 9.17) is 5.73 Å². The molecular weight excluding hydrogens is 254 g/mol. The second kappa shape index (κ2) is 5.09. The minimum Gasteiger partial charge on any atom is -0.395 e. The van der Waals surface area contributed by atoms with Gasteiger partial charge in [-0.25, -0.2) is 0 Å². The number of aryl methyl sites for hydroxylation is 2. The van der Waals surface area contributed by atoms with Gasteiger partial charge in [0.05, 0.1) is 11.4 Å². The van der Waals surface area contributed by atoms with Crippen molar-refractivity contribution in [1.82, 2.24) is 19.6 Å². The zero-order valence-electron chi connectivity index (χ0n) is 12.3. The topological polar surface area (TPSA) is 67.4 Å². The van der Waals surface area contributed by atoms with Crippen molar-refractivity contribution in [2.24, 2.45) is 0 Å². The summed E-state index contributed by atoms with van der Waals surface area (Å²) in [7, 11) is 0. The van der Waals surface area contributed by atoms with Gasteiger partial charge < -0.3 is 10.6 Å². The molecule has 0 aromatic carbocycles. The standard InChI is InChI=1S/C14H23N5O/c1-3-19-13(12(15)10(2)16-19)14(20)18-8-6-17(7-9-18)11-4-5-11/h11H,3-9,15H2,1-2H3. The van der Waals surface area contributed by atoms with Crippen LogP contribution < -0.4 is 5.73 Å². The summed E-state index contributed by atoms with van der Waals surface area (Å²) in [5, 5.41) is 4.33. The van der Waals surface area contributed by atoms with Gasteiger partial charge in [-0.3, -0.25) is 14.4 Å². The fourth-order valence-electron chi connectivity index (χ4n) is 2.93. The first kappa shape index (κ1) is 13.4. The minimum absolute atomic E-state index is 0.0281. The molecule has 0 atom stereocenters. The first-order valence-electron chi connectivity index (χ1n) is 7.48. The molecule has 1 aromatic heterocycles. The third-order valence-electron chi connectivity index (χ3n) is 4.34. The van der Waals surface area contributed by atoms with E-state index in [1.54, 1.807) is 4.68 Å². The van der Waals surface area contributed by atoms with E-state index < -0.39 is 0 Å². The molecule has 2 heterocycles. The van der Waals surface area contributed by atoms with E-state index in [2.05, 4.69) is 10.00 Å². The summed E-state index contributed by atoms with van der Waals surface area (Å²) in [4.78, 5) is 17.1. The lowest BCUT2D eigenvalue weighted by Gasteiger charge is -2.34. The van der Waals surface area contributed by atoms with Crippen LogP contribution in [0.5, 0.6) is 0 Å². The molecule has 1 aromatic rings. The number of hydrogen-bond acceptors (Lipinski definition) is 4. The van der Waals surface area contributed by atoms with Gasteiger partial charge in [-0.15, -0.1) is 0 Å². The minimum atomic E-state index is 0.0281. The zero-order valence-corrected chi connectivity index (χ0v) is 12.3. The van der Waals surface area contributed by atoms with Gasteiger partial charge in [0.15, 0.2) is 0 Å². The van der Waals surface area contributed by atoms with Crippen LogP contribution in [0.1, 0.15) is 35.9 Å². The molecule has 110 valence electrons. The van der Waals surface area contributed by atoms with Crippen LogP contribution in [0, 0.1) is 6.92 Å². The van der Waals surface area contributed by atoms with Gasteiger partial charge in [0.2, 0.25) is 0 Å². The summed E-state index contributed by atoms with van der Waals surface area (Å²) >= 11 is 0. The maximum absolute atomic E-state index is 12.7. The average Bonchev–Trinajstić information content (AvgIpc) is 3.26. The van der Waals surface area contributed by atoms with Gasteiger partial charge in [-0.1, -0.05) is 0 Å². The highest BCUT2D eigenvalue weighted by Crippen LogP contribution is 2.28. The van der Waals surface area contributed by atoms with Crippen molar-refractivity contribution >= 4 is 11.6 Å². The maximum atomic E-state index is 12.7. The molecule has 6 heteroatoms. The van der Waals surface area contributed by atoms with Gasteiger partial charge in [-0.2, -0.15) is 5.10 Å². The van der Waals surface area contributed by atoms with Gasteiger partial charge in [-0.05, 0) is 26.7 Å². The second-order valence-corrected chi connectivity index (χ2v) is 5.72. The Morgan fingerprint density at radius 1 is 1.30 bits per heavy atom. The molecule has 0 bridgehead atoms. The molecule has 20 heavy (non-hydrogen) atoms. The molecule has 3 rings (SSSR count). The smallest absolute Gasteiger partial charge is 0.274 e. The first-order valence-corrected chi connectivity index (χ1v) is 7.48. The molecule has 0 unspecified atom stereocenters. The van der Waals surface area contributed by atoms with Gasteiger partial charge in [0.1, 0.15) is 5.69 Å². The summed E-state index contributed by atoms with van der Waals surface area (Å²) in [5.74, 6) is 0.0281. The predicted molar refractivity (Wildman–Crippen MR) is 77.5 cm³/mol. The largest absolute Gasteiger partial charge is 0.395 e. The SMILES string of the molecule is CCn1nc(C)c(N)c1C(=O)N1CCN(C2CC2)CC1. The third kappa shape index (κ3) is 2.28. The maximum Gasteiger partial charge on any atom is 0.274 e. The van der Waals surface area contributed by atoms with Gasteiger partial charge in [0, 0.05) is 38.8 Å². The lowest BCUT2D eigenvalue weighted by atomic mass is 10.2. The van der Waals surface area contributed by atoms with Crippen molar-refractivity contribution < 1.29 is 4.79 Å². The van der Waals surface area contributed by atoms with E-state index >= 15 is 0 Å². The number of nitrogens with two attached hydrogens (primary N) is 1. The summed E-state index contributed by atoms with van der Waals surface area (Å²) in [6.45, 7) is 8.05. The quantitative estimate of drug-likeness (QED) is 0.884. The van der Waals surface area contributed by atoms with E-state index in [9.17, 15) is 4.79 Å². The van der Waals surface area contributed by atoms with E-state index in [0.717, 1.165) is 37.9 Å². The number of carbonyl (C=O) groups is 1. The normalized spacial score (nSPS) is 20.4. The number of anilines is 1. The molecule has 6 nitrogen and oxygen atoms in total. The number of piperazine rings is 1. The summed E-state index contributed by atoms with van der Waals surface area (Å²) < 4.78 is 1.72. The molecule has 1 amide bonds. The fraction of sp³-hybridized carbons (Fsp3) is 0.714. The Labute approximate surface area is 119 Å². The highest BCUT2D eigenvalue weighted by Gasteiger charge is 2.33. The Morgan fingerprint density at radius 2 is 1.95 bits per heavy atom. The Kier molecular flexibility index (Phi) is 3.41. The van der Waals surface area contributed by atoms with Crippen LogP contribution in [0.25, 0.3) is 0 Å². The van der Waals surface area contributed by atoms with Crippen LogP contribution in [0.4, 0.5) is 5.69 Å². The zero-order chi connectivity index (χ0) is 14.3. The fourth-order valence-corrected chi connectivity index (χ4v) is 2.93. The van der Waals surface area contributed by atoms with Crippen molar-refractivity contribution in [1.29, 1.82) is 0 Å². The Balaban J connectivity index is 1.73. The van der Waals surface area contributed by atoms with Crippen LogP contribution in [-0.2, 0) is 6.54 Å². The Morgan fingerprint density at radius 3 is 2.50 bits per heavy atom. The molecule has 2 fully saturated rings. The number of rotatable bonds is 3. The van der Waals surface area contributed by atoms with Crippen molar-refractivity contribution in [2.45, 2.75) is 39.3 Å². The molecule has 0 radical (unpaired) electrons. The van der Waals surface area contributed by atoms with E-state index in [0.29, 0.717) is 17.9 Å². The van der Waals surface area contributed by atoms with Crippen LogP contribution in [0.2, 0.25) is 0 Å². The number of nitrogens with zero attached hydrogens (tertiary/aromatic N) is 4. The van der Waals surface area contributed by atoms with Crippen LogP contribution in [0.15, 0.2) is 0 Å². The first-order chi connectivity index (χ1) is 9.61. The third-order valence-corrected chi connectivity index (χ3v) is 4.34. The number of aromatic nitrogens is 2. The van der Waals surface area contributed by atoms with Crippen LogP contribution in [0.3, 0.4) is 0 Å². The van der Waals surface area contributed by atoms with E-state index in [1.807, 2.05) is 18.7 Å². The van der Waals surface area contributed by atoms with Gasteiger partial charge >= 0.3 is 0 Å².